The third kappa shape index (κ3) is 3.28. The Bertz CT molecular complexity index is 689. The quantitative estimate of drug-likeness (QED) is 0.920. The maximum atomic E-state index is 14.2. The third-order valence-corrected chi connectivity index (χ3v) is 4.70. The average Bonchev–Trinajstić information content (AvgIpc) is 3.15. The van der Waals surface area contributed by atoms with Crippen LogP contribution in [0.25, 0.3) is 0 Å². The number of halogens is 1. The molecule has 1 N–H and O–H groups in total. The van der Waals surface area contributed by atoms with Gasteiger partial charge in [0.2, 0.25) is 5.91 Å². The van der Waals surface area contributed by atoms with Crippen molar-refractivity contribution < 1.29 is 9.18 Å². The molecule has 4 nitrogen and oxygen atoms in total. The van der Waals surface area contributed by atoms with Gasteiger partial charge in [0.1, 0.15) is 5.82 Å². The number of carbonyl (C=O) groups is 1. The zero-order chi connectivity index (χ0) is 16.3. The molecule has 0 radical (unpaired) electrons. The number of aryl methyl sites for hydroxylation is 2. The molecule has 2 aromatic rings. The predicted molar refractivity (Wildman–Crippen MR) is 86.3 cm³/mol. The molecule has 23 heavy (non-hydrogen) atoms. The lowest BCUT2D eigenvalue weighted by molar-refractivity contribution is -0.123. The number of carbonyl (C=O) groups excluding carboxylic acids is 1. The molecule has 0 bridgehead atoms. The monoisotopic (exact) mass is 315 g/mol. The van der Waals surface area contributed by atoms with E-state index in [-0.39, 0.29) is 11.7 Å². The second kappa shape index (κ2) is 6.52. The minimum atomic E-state index is -0.554. The van der Waals surface area contributed by atoms with Gasteiger partial charge in [-0.25, -0.2) is 4.39 Å². The van der Waals surface area contributed by atoms with Gasteiger partial charge in [0.05, 0.1) is 5.54 Å². The van der Waals surface area contributed by atoms with Crippen LogP contribution in [0.4, 0.5) is 4.39 Å². The molecule has 122 valence electrons. The van der Waals surface area contributed by atoms with Crippen LogP contribution in [0, 0.1) is 12.7 Å². The van der Waals surface area contributed by atoms with E-state index < -0.39 is 5.54 Å². The van der Waals surface area contributed by atoms with Crippen molar-refractivity contribution in [2.45, 2.75) is 51.1 Å². The molecule has 5 heteroatoms. The largest absolute Gasteiger partial charge is 0.346 e. The van der Waals surface area contributed by atoms with E-state index in [1.165, 1.54) is 6.07 Å². The fraction of sp³-hybridized carbons (Fsp3) is 0.444. The Morgan fingerprint density at radius 3 is 2.70 bits per heavy atom. The molecule has 1 heterocycles. The van der Waals surface area contributed by atoms with Crippen molar-refractivity contribution in [1.29, 1.82) is 0 Å². The van der Waals surface area contributed by atoms with E-state index in [1.807, 2.05) is 23.7 Å². The van der Waals surface area contributed by atoms with Crippen molar-refractivity contribution in [1.82, 2.24) is 15.1 Å². The highest BCUT2D eigenvalue weighted by Gasteiger charge is 2.38. The van der Waals surface area contributed by atoms with E-state index in [1.54, 1.807) is 18.3 Å². The Balaban J connectivity index is 1.71. The number of benzene rings is 1. The Morgan fingerprint density at radius 1 is 1.30 bits per heavy atom. The van der Waals surface area contributed by atoms with Crippen LogP contribution in [0.5, 0.6) is 0 Å². The lowest BCUT2D eigenvalue weighted by Gasteiger charge is -2.31. The Labute approximate surface area is 135 Å². The third-order valence-electron chi connectivity index (χ3n) is 4.70. The molecule has 0 aliphatic heterocycles. The first kappa shape index (κ1) is 15.7. The Kier molecular flexibility index (Phi) is 4.46. The van der Waals surface area contributed by atoms with E-state index in [9.17, 15) is 9.18 Å². The summed E-state index contributed by atoms with van der Waals surface area (Å²) in [6, 6.07) is 8.69. The molecule has 0 atom stereocenters. The summed E-state index contributed by atoms with van der Waals surface area (Å²) in [6.45, 7) is 2.50. The number of nitrogens with zero attached hydrogens (tertiary/aromatic N) is 2. The van der Waals surface area contributed by atoms with Gasteiger partial charge in [-0.2, -0.15) is 5.10 Å². The summed E-state index contributed by atoms with van der Waals surface area (Å²) in [5, 5.41) is 7.30. The van der Waals surface area contributed by atoms with Crippen LogP contribution in [0.1, 0.15) is 43.4 Å². The zero-order valence-electron chi connectivity index (χ0n) is 13.4. The smallest absolute Gasteiger partial charge is 0.222 e. The molecule has 3 rings (SSSR count). The maximum absolute atomic E-state index is 14.2. The highest BCUT2D eigenvalue weighted by molar-refractivity contribution is 5.77. The number of hydrogen-bond acceptors (Lipinski definition) is 2. The lowest BCUT2D eigenvalue weighted by atomic mass is 9.87. The molecule has 1 aromatic carbocycles. The molecule has 1 saturated carbocycles. The highest BCUT2D eigenvalue weighted by atomic mass is 19.1. The van der Waals surface area contributed by atoms with Gasteiger partial charge in [-0.15, -0.1) is 0 Å². The van der Waals surface area contributed by atoms with Gasteiger partial charge < -0.3 is 5.32 Å². The predicted octanol–water partition coefficient (Wildman–Crippen LogP) is 3.31. The number of nitrogens with one attached hydrogen (secondary N) is 1. The standard InChI is InChI=1S/C18H22FN3O/c1-14-8-12-20-22(14)13-9-17(23)21-18(10-4-5-11-18)15-6-2-3-7-16(15)19/h2-3,6-8,12H,4-5,9-11,13H2,1H3,(H,21,23). The highest BCUT2D eigenvalue weighted by Crippen LogP contribution is 2.39. The second-order valence-electron chi connectivity index (χ2n) is 6.26. The van der Waals surface area contributed by atoms with Gasteiger partial charge in [0.25, 0.3) is 0 Å². The van der Waals surface area contributed by atoms with Crippen LogP contribution >= 0.6 is 0 Å². The van der Waals surface area contributed by atoms with Crippen molar-refractivity contribution in [2.75, 3.05) is 0 Å². The normalized spacial score (nSPS) is 16.4. The van der Waals surface area contributed by atoms with E-state index in [0.29, 0.717) is 18.5 Å². The van der Waals surface area contributed by atoms with Crippen molar-refractivity contribution in [3.05, 3.63) is 53.6 Å². The summed E-state index contributed by atoms with van der Waals surface area (Å²) in [7, 11) is 0. The Hall–Kier alpha value is -2.17. The average molecular weight is 315 g/mol. The van der Waals surface area contributed by atoms with Crippen molar-refractivity contribution in [2.24, 2.45) is 0 Å². The van der Waals surface area contributed by atoms with E-state index in [2.05, 4.69) is 10.4 Å². The van der Waals surface area contributed by atoms with E-state index in [4.69, 9.17) is 0 Å². The summed E-state index contributed by atoms with van der Waals surface area (Å²) < 4.78 is 16.0. The lowest BCUT2D eigenvalue weighted by Crippen LogP contribution is -2.44. The fourth-order valence-electron chi connectivity index (χ4n) is 3.46. The molecule has 1 fully saturated rings. The maximum Gasteiger partial charge on any atom is 0.222 e. The minimum Gasteiger partial charge on any atom is -0.346 e. The van der Waals surface area contributed by atoms with E-state index >= 15 is 0 Å². The molecule has 1 aromatic heterocycles. The van der Waals surface area contributed by atoms with Crippen molar-refractivity contribution in [3.8, 4) is 0 Å². The summed E-state index contributed by atoms with van der Waals surface area (Å²) in [6.07, 6.45) is 5.67. The van der Waals surface area contributed by atoms with Crippen molar-refractivity contribution in [3.63, 3.8) is 0 Å². The van der Waals surface area contributed by atoms with Crippen LogP contribution in [-0.4, -0.2) is 15.7 Å². The van der Waals surface area contributed by atoms with Crippen LogP contribution in [0.2, 0.25) is 0 Å². The fourth-order valence-corrected chi connectivity index (χ4v) is 3.46. The van der Waals surface area contributed by atoms with Crippen molar-refractivity contribution >= 4 is 5.91 Å². The van der Waals surface area contributed by atoms with Gasteiger partial charge in [0, 0.05) is 30.4 Å². The first-order chi connectivity index (χ1) is 11.1. The summed E-state index contributed by atoms with van der Waals surface area (Å²) in [5.41, 5.74) is 1.09. The second-order valence-corrected chi connectivity index (χ2v) is 6.26. The summed E-state index contributed by atoms with van der Waals surface area (Å²) in [4.78, 5) is 12.4. The summed E-state index contributed by atoms with van der Waals surface area (Å²) in [5.74, 6) is -0.289. The molecular weight excluding hydrogens is 293 g/mol. The molecule has 0 spiro atoms. The molecule has 0 saturated heterocycles. The van der Waals surface area contributed by atoms with Crippen LogP contribution < -0.4 is 5.32 Å². The Morgan fingerprint density at radius 2 is 2.04 bits per heavy atom. The molecule has 1 aliphatic carbocycles. The SMILES string of the molecule is Cc1ccnn1CCC(=O)NC1(c2ccccc2F)CCCC1. The molecular formula is C18H22FN3O. The van der Waals surface area contributed by atoms with Crippen LogP contribution in [0.3, 0.4) is 0 Å². The van der Waals surface area contributed by atoms with E-state index in [0.717, 1.165) is 31.4 Å². The zero-order valence-corrected chi connectivity index (χ0v) is 13.4. The van der Waals surface area contributed by atoms with Gasteiger partial charge in [0.15, 0.2) is 0 Å². The molecule has 1 aliphatic rings. The summed E-state index contributed by atoms with van der Waals surface area (Å²) >= 11 is 0. The van der Waals surface area contributed by atoms with Gasteiger partial charge in [-0.3, -0.25) is 9.48 Å². The van der Waals surface area contributed by atoms with Crippen LogP contribution in [-0.2, 0) is 16.9 Å². The molecule has 0 unspecified atom stereocenters. The minimum absolute atomic E-state index is 0.0509. The van der Waals surface area contributed by atoms with Gasteiger partial charge >= 0.3 is 0 Å². The van der Waals surface area contributed by atoms with Gasteiger partial charge in [-0.05, 0) is 31.9 Å². The van der Waals surface area contributed by atoms with Gasteiger partial charge in [-0.1, -0.05) is 31.0 Å². The van der Waals surface area contributed by atoms with Crippen LogP contribution in [0.15, 0.2) is 36.5 Å². The topological polar surface area (TPSA) is 46.9 Å². The molecule has 1 amide bonds. The first-order valence-electron chi connectivity index (χ1n) is 8.15. The number of rotatable bonds is 5. The first-order valence-corrected chi connectivity index (χ1v) is 8.15. The number of amides is 1. The number of hydrogen-bond donors (Lipinski definition) is 1. The number of aromatic nitrogens is 2.